The molecule has 0 aromatic carbocycles. The number of hydrogen-bond acceptors (Lipinski definition) is 3. The van der Waals surface area contributed by atoms with E-state index in [4.69, 9.17) is 0 Å². The smallest absolute Gasteiger partial charge is 0.273 e. The summed E-state index contributed by atoms with van der Waals surface area (Å²) in [5.41, 5.74) is 0.556. The average molecular weight is 193 g/mol. The van der Waals surface area contributed by atoms with Crippen LogP contribution in [0.15, 0.2) is 11.1 Å². The number of carbonyl (C=O) groups is 1. The third kappa shape index (κ3) is 1.13. The second kappa shape index (κ2) is 2.94. The summed E-state index contributed by atoms with van der Waals surface area (Å²) >= 11 is 0. The van der Waals surface area contributed by atoms with Crippen molar-refractivity contribution in [3.05, 3.63) is 27.9 Å². The van der Waals surface area contributed by atoms with Crippen molar-refractivity contribution in [2.45, 2.75) is 26.4 Å². The lowest BCUT2D eigenvalue weighted by Gasteiger charge is -2.19. The minimum absolute atomic E-state index is 0.0936. The number of aromatic amines is 1. The fraction of sp³-hybridized carbons (Fsp3) is 0.444. The van der Waals surface area contributed by atoms with Crippen molar-refractivity contribution >= 4 is 5.91 Å². The van der Waals surface area contributed by atoms with Gasteiger partial charge in [-0.1, -0.05) is 0 Å². The molecular formula is C9H11N3O2. The number of fused-ring (bicyclic) bond motifs is 1. The monoisotopic (exact) mass is 193 g/mol. The van der Waals surface area contributed by atoms with E-state index in [1.807, 2.05) is 13.8 Å². The molecule has 5 nitrogen and oxygen atoms in total. The van der Waals surface area contributed by atoms with Crippen LogP contribution in [0.3, 0.4) is 0 Å². The number of nitrogens with one attached hydrogen (secondary N) is 1. The molecule has 0 radical (unpaired) electrons. The van der Waals surface area contributed by atoms with Crippen molar-refractivity contribution in [3.8, 4) is 0 Å². The Bertz CT molecular complexity index is 436. The molecule has 14 heavy (non-hydrogen) atoms. The molecule has 5 heteroatoms. The van der Waals surface area contributed by atoms with Gasteiger partial charge in [0, 0.05) is 6.04 Å². The second-order valence-corrected chi connectivity index (χ2v) is 3.59. The lowest BCUT2D eigenvalue weighted by molar-refractivity contribution is 0.0726. The highest BCUT2D eigenvalue weighted by molar-refractivity contribution is 5.96. The predicted molar refractivity (Wildman–Crippen MR) is 49.9 cm³/mol. The molecule has 0 saturated carbocycles. The van der Waals surface area contributed by atoms with Crippen LogP contribution in [0.5, 0.6) is 0 Å². The van der Waals surface area contributed by atoms with Gasteiger partial charge >= 0.3 is 0 Å². The minimum atomic E-state index is -0.216. The standard InChI is InChI=1S/C9H11N3O2/c1-5(2)12-3-6-7(9(12)14)10-4-11-8(6)13/h4-5H,3H2,1-2H3,(H,10,11,13). The number of carbonyl (C=O) groups excluding carboxylic acids is 1. The third-order valence-corrected chi connectivity index (χ3v) is 2.36. The molecule has 74 valence electrons. The van der Waals surface area contributed by atoms with E-state index in [-0.39, 0.29) is 17.5 Å². The zero-order valence-corrected chi connectivity index (χ0v) is 8.07. The maximum absolute atomic E-state index is 11.7. The first-order chi connectivity index (χ1) is 6.61. The van der Waals surface area contributed by atoms with Crippen LogP contribution in [-0.2, 0) is 6.54 Å². The van der Waals surface area contributed by atoms with Crippen LogP contribution in [0.1, 0.15) is 29.9 Å². The zero-order valence-electron chi connectivity index (χ0n) is 8.07. The van der Waals surface area contributed by atoms with E-state index in [9.17, 15) is 9.59 Å². The van der Waals surface area contributed by atoms with Gasteiger partial charge < -0.3 is 9.88 Å². The Morgan fingerprint density at radius 3 is 2.79 bits per heavy atom. The lowest BCUT2D eigenvalue weighted by Crippen LogP contribution is -2.31. The van der Waals surface area contributed by atoms with Crippen LogP contribution in [0.25, 0.3) is 0 Å². The van der Waals surface area contributed by atoms with Gasteiger partial charge in [0.05, 0.1) is 18.4 Å². The van der Waals surface area contributed by atoms with Crippen LogP contribution < -0.4 is 5.56 Å². The van der Waals surface area contributed by atoms with Crippen LogP contribution in [-0.4, -0.2) is 26.8 Å². The number of amides is 1. The summed E-state index contributed by atoms with van der Waals surface area (Å²) in [6.07, 6.45) is 1.27. The van der Waals surface area contributed by atoms with Gasteiger partial charge in [-0.3, -0.25) is 9.59 Å². The van der Waals surface area contributed by atoms with Gasteiger partial charge in [-0.05, 0) is 13.8 Å². The molecule has 0 aliphatic carbocycles. The molecule has 1 amide bonds. The number of rotatable bonds is 1. The molecular weight excluding hydrogens is 182 g/mol. The number of H-pyrrole nitrogens is 1. The van der Waals surface area contributed by atoms with E-state index in [1.54, 1.807) is 4.90 Å². The highest BCUT2D eigenvalue weighted by Gasteiger charge is 2.32. The maximum Gasteiger partial charge on any atom is 0.273 e. The Balaban J connectivity index is 2.51. The summed E-state index contributed by atoms with van der Waals surface area (Å²) < 4.78 is 0. The Hall–Kier alpha value is -1.65. The van der Waals surface area contributed by atoms with Crippen LogP contribution in [0.2, 0.25) is 0 Å². The highest BCUT2D eigenvalue weighted by atomic mass is 16.2. The molecule has 0 atom stereocenters. The summed E-state index contributed by atoms with van der Waals surface area (Å²) in [5, 5.41) is 0. The molecule has 0 saturated heterocycles. The molecule has 0 bridgehead atoms. The zero-order chi connectivity index (χ0) is 10.3. The number of nitrogens with zero attached hydrogens (tertiary/aromatic N) is 2. The van der Waals surface area contributed by atoms with Gasteiger partial charge in [0.25, 0.3) is 11.5 Å². The molecule has 1 aliphatic rings. The first-order valence-corrected chi connectivity index (χ1v) is 4.49. The number of aromatic nitrogens is 2. The molecule has 1 aromatic heterocycles. The van der Waals surface area contributed by atoms with Gasteiger partial charge in [-0.25, -0.2) is 4.98 Å². The van der Waals surface area contributed by atoms with Gasteiger partial charge in [0.15, 0.2) is 0 Å². The quantitative estimate of drug-likeness (QED) is 0.689. The lowest BCUT2D eigenvalue weighted by atomic mass is 10.3. The van der Waals surface area contributed by atoms with Crippen molar-refractivity contribution in [3.63, 3.8) is 0 Å². The van der Waals surface area contributed by atoms with Crippen molar-refractivity contribution in [1.29, 1.82) is 0 Å². The fourth-order valence-corrected chi connectivity index (χ4v) is 1.55. The normalized spacial score (nSPS) is 15.1. The topological polar surface area (TPSA) is 66.1 Å². The van der Waals surface area contributed by atoms with E-state index in [1.165, 1.54) is 6.33 Å². The maximum atomic E-state index is 11.7. The Morgan fingerprint density at radius 2 is 2.21 bits per heavy atom. The Morgan fingerprint density at radius 1 is 1.50 bits per heavy atom. The van der Waals surface area contributed by atoms with Gasteiger partial charge in [0.1, 0.15) is 5.69 Å². The van der Waals surface area contributed by atoms with Crippen molar-refractivity contribution in [1.82, 2.24) is 14.9 Å². The summed E-state index contributed by atoms with van der Waals surface area (Å²) in [4.78, 5) is 31.0. The third-order valence-electron chi connectivity index (χ3n) is 2.36. The summed E-state index contributed by atoms with van der Waals surface area (Å²) in [7, 11) is 0. The first-order valence-electron chi connectivity index (χ1n) is 4.49. The molecule has 1 aliphatic heterocycles. The van der Waals surface area contributed by atoms with Crippen LogP contribution >= 0.6 is 0 Å². The molecule has 0 fully saturated rings. The van der Waals surface area contributed by atoms with Crippen molar-refractivity contribution < 1.29 is 4.79 Å². The first kappa shape index (κ1) is 8.93. The molecule has 0 unspecified atom stereocenters. The van der Waals surface area contributed by atoms with Gasteiger partial charge in [-0.15, -0.1) is 0 Å². The molecule has 1 N–H and O–H groups in total. The summed E-state index contributed by atoms with van der Waals surface area (Å²) in [5.74, 6) is -0.152. The number of hydrogen-bond donors (Lipinski definition) is 1. The van der Waals surface area contributed by atoms with Gasteiger partial charge in [0.2, 0.25) is 0 Å². The van der Waals surface area contributed by atoms with E-state index < -0.39 is 0 Å². The van der Waals surface area contributed by atoms with E-state index in [0.717, 1.165) is 0 Å². The van der Waals surface area contributed by atoms with E-state index >= 15 is 0 Å². The van der Waals surface area contributed by atoms with E-state index in [0.29, 0.717) is 17.8 Å². The second-order valence-electron chi connectivity index (χ2n) is 3.59. The predicted octanol–water partition coefficient (Wildman–Crippen LogP) is 0.134. The van der Waals surface area contributed by atoms with E-state index in [2.05, 4.69) is 9.97 Å². The summed E-state index contributed by atoms with van der Waals surface area (Å²) in [6, 6.07) is 0.0936. The largest absolute Gasteiger partial charge is 0.330 e. The molecule has 0 spiro atoms. The summed E-state index contributed by atoms with van der Waals surface area (Å²) in [6.45, 7) is 4.20. The highest BCUT2D eigenvalue weighted by Crippen LogP contribution is 2.18. The minimum Gasteiger partial charge on any atom is -0.330 e. The average Bonchev–Trinajstić information content (AvgIpc) is 2.46. The fourth-order valence-electron chi connectivity index (χ4n) is 1.55. The molecule has 2 rings (SSSR count). The van der Waals surface area contributed by atoms with Crippen LogP contribution in [0, 0.1) is 0 Å². The van der Waals surface area contributed by atoms with Crippen molar-refractivity contribution in [2.24, 2.45) is 0 Å². The van der Waals surface area contributed by atoms with Crippen molar-refractivity contribution in [2.75, 3.05) is 0 Å². The molecule has 2 heterocycles. The molecule has 1 aromatic rings. The Labute approximate surface area is 80.8 Å². The van der Waals surface area contributed by atoms with Crippen LogP contribution in [0.4, 0.5) is 0 Å². The Kier molecular flexibility index (Phi) is 1.87. The SMILES string of the molecule is CC(C)N1Cc2c(nc[nH]c2=O)C1=O. The van der Waals surface area contributed by atoms with Gasteiger partial charge in [-0.2, -0.15) is 0 Å².